The summed E-state index contributed by atoms with van der Waals surface area (Å²) in [5.74, 6) is 0.333. The van der Waals surface area contributed by atoms with Crippen LogP contribution in [0.1, 0.15) is 5.56 Å². The third kappa shape index (κ3) is 3.69. The van der Waals surface area contributed by atoms with Crippen molar-refractivity contribution in [2.24, 2.45) is 0 Å². The predicted octanol–water partition coefficient (Wildman–Crippen LogP) is 1.95. The third-order valence-electron chi connectivity index (χ3n) is 4.03. The Labute approximate surface area is 130 Å². The molecule has 1 saturated heterocycles. The van der Waals surface area contributed by atoms with Gasteiger partial charge in [0, 0.05) is 16.3 Å². The van der Waals surface area contributed by atoms with Crippen LogP contribution in [0.3, 0.4) is 0 Å². The Kier molecular flexibility index (Phi) is 4.32. The molecule has 21 heavy (non-hydrogen) atoms. The van der Waals surface area contributed by atoms with Gasteiger partial charge in [0.1, 0.15) is 12.3 Å². The molecule has 0 aromatic heterocycles. The molecule has 0 radical (unpaired) electrons. The smallest absolute Gasteiger partial charge is 0.115 e. The normalized spacial score (nSPS) is 16.1. The summed E-state index contributed by atoms with van der Waals surface area (Å²) in [5, 5.41) is 10.1. The highest BCUT2D eigenvalue weighted by molar-refractivity contribution is 6.30. The van der Waals surface area contributed by atoms with Gasteiger partial charge >= 0.3 is 0 Å². The second-order valence-electron chi connectivity index (χ2n) is 5.56. The third-order valence-corrected chi connectivity index (χ3v) is 4.27. The maximum Gasteiger partial charge on any atom is 0.115 e. The fourth-order valence-electron chi connectivity index (χ4n) is 2.83. The number of hydrogen-bond donors (Lipinski definition) is 2. The molecular formula is C17H20ClN2O+. The van der Waals surface area contributed by atoms with Gasteiger partial charge in [-0.3, -0.25) is 0 Å². The number of halogens is 1. The van der Waals surface area contributed by atoms with Crippen LogP contribution in [-0.2, 0) is 6.54 Å². The maximum absolute atomic E-state index is 9.32. The topological polar surface area (TPSA) is 27.9 Å². The first kappa shape index (κ1) is 14.2. The van der Waals surface area contributed by atoms with Crippen LogP contribution >= 0.6 is 11.6 Å². The van der Waals surface area contributed by atoms with E-state index in [1.807, 2.05) is 30.3 Å². The number of phenols is 1. The van der Waals surface area contributed by atoms with Crippen molar-refractivity contribution in [3.63, 3.8) is 0 Å². The van der Waals surface area contributed by atoms with Gasteiger partial charge in [-0.25, -0.2) is 0 Å². The van der Waals surface area contributed by atoms with Gasteiger partial charge in [-0.15, -0.1) is 0 Å². The first-order valence-electron chi connectivity index (χ1n) is 7.33. The van der Waals surface area contributed by atoms with E-state index >= 15 is 0 Å². The Balaban J connectivity index is 1.56. The van der Waals surface area contributed by atoms with Crippen LogP contribution in [0.5, 0.6) is 5.75 Å². The minimum atomic E-state index is 0.333. The number of quaternary nitrogens is 1. The molecule has 3 rings (SSSR count). The van der Waals surface area contributed by atoms with Crippen LogP contribution in [0, 0.1) is 0 Å². The molecule has 0 spiro atoms. The molecule has 0 bridgehead atoms. The highest BCUT2D eigenvalue weighted by Gasteiger charge is 2.20. The first-order valence-corrected chi connectivity index (χ1v) is 7.70. The highest BCUT2D eigenvalue weighted by Crippen LogP contribution is 2.19. The highest BCUT2D eigenvalue weighted by atomic mass is 35.5. The predicted molar refractivity (Wildman–Crippen MR) is 86.2 cm³/mol. The van der Waals surface area contributed by atoms with Crippen molar-refractivity contribution in [3.05, 3.63) is 59.1 Å². The summed E-state index contributed by atoms with van der Waals surface area (Å²) in [5.41, 5.74) is 2.49. The SMILES string of the molecule is Oc1ccc(C[NH+]2CCN(c3cccc(Cl)c3)CC2)cc1. The zero-order valence-corrected chi connectivity index (χ0v) is 12.7. The van der Waals surface area contributed by atoms with Crippen molar-refractivity contribution in [1.82, 2.24) is 0 Å². The Hall–Kier alpha value is -1.71. The number of aromatic hydroxyl groups is 1. The van der Waals surface area contributed by atoms with Gasteiger partial charge < -0.3 is 14.9 Å². The fourth-order valence-corrected chi connectivity index (χ4v) is 3.02. The Morgan fingerprint density at radius 1 is 1.05 bits per heavy atom. The lowest BCUT2D eigenvalue weighted by Crippen LogP contribution is -3.13. The molecular weight excluding hydrogens is 284 g/mol. The average molecular weight is 304 g/mol. The molecule has 2 aromatic carbocycles. The van der Waals surface area contributed by atoms with Gasteiger partial charge in [-0.05, 0) is 42.5 Å². The summed E-state index contributed by atoms with van der Waals surface area (Å²) in [6.45, 7) is 5.35. The van der Waals surface area contributed by atoms with Crippen LogP contribution in [0.25, 0.3) is 0 Å². The quantitative estimate of drug-likeness (QED) is 0.907. The molecule has 2 N–H and O–H groups in total. The fraction of sp³-hybridized carbons (Fsp3) is 0.294. The zero-order valence-electron chi connectivity index (χ0n) is 11.9. The largest absolute Gasteiger partial charge is 0.508 e. The molecule has 0 aliphatic carbocycles. The molecule has 0 saturated carbocycles. The number of phenolic OH excluding ortho intramolecular Hbond substituents is 1. The molecule has 1 fully saturated rings. The minimum Gasteiger partial charge on any atom is -0.508 e. The molecule has 4 heteroatoms. The zero-order chi connectivity index (χ0) is 14.7. The van der Waals surface area contributed by atoms with Crippen LogP contribution in [0.2, 0.25) is 5.02 Å². The van der Waals surface area contributed by atoms with Crippen LogP contribution in [0.4, 0.5) is 5.69 Å². The summed E-state index contributed by atoms with van der Waals surface area (Å²) in [7, 11) is 0. The van der Waals surface area contributed by atoms with E-state index in [2.05, 4.69) is 11.0 Å². The molecule has 2 aromatic rings. The average Bonchev–Trinajstić information content (AvgIpc) is 2.50. The van der Waals surface area contributed by atoms with Crippen LogP contribution in [0.15, 0.2) is 48.5 Å². The minimum absolute atomic E-state index is 0.333. The van der Waals surface area contributed by atoms with Gasteiger partial charge in [0.25, 0.3) is 0 Å². The number of hydrogen-bond acceptors (Lipinski definition) is 2. The van der Waals surface area contributed by atoms with E-state index in [9.17, 15) is 5.11 Å². The van der Waals surface area contributed by atoms with E-state index in [0.717, 1.165) is 37.7 Å². The number of piperazine rings is 1. The van der Waals surface area contributed by atoms with E-state index in [4.69, 9.17) is 11.6 Å². The Morgan fingerprint density at radius 3 is 2.43 bits per heavy atom. The second kappa shape index (κ2) is 6.37. The van der Waals surface area contributed by atoms with E-state index in [1.165, 1.54) is 11.3 Å². The van der Waals surface area contributed by atoms with Crippen molar-refractivity contribution in [1.29, 1.82) is 0 Å². The summed E-state index contributed by atoms with van der Waals surface area (Å²) >= 11 is 6.06. The van der Waals surface area contributed by atoms with Gasteiger partial charge in [0.15, 0.2) is 0 Å². The van der Waals surface area contributed by atoms with Crippen molar-refractivity contribution in [2.75, 3.05) is 31.1 Å². The van der Waals surface area contributed by atoms with E-state index in [-0.39, 0.29) is 0 Å². The maximum atomic E-state index is 9.32. The Morgan fingerprint density at radius 2 is 1.76 bits per heavy atom. The summed E-state index contributed by atoms with van der Waals surface area (Å²) in [4.78, 5) is 3.98. The van der Waals surface area contributed by atoms with Crippen molar-refractivity contribution < 1.29 is 10.0 Å². The van der Waals surface area contributed by atoms with E-state index in [1.54, 1.807) is 17.0 Å². The molecule has 1 aliphatic rings. The number of rotatable bonds is 3. The first-order chi connectivity index (χ1) is 10.2. The molecule has 110 valence electrons. The van der Waals surface area contributed by atoms with Crippen molar-refractivity contribution >= 4 is 17.3 Å². The van der Waals surface area contributed by atoms with Gasteiger partial charge in [0.2, 0.25) is 0 Å². The molecule has 0 atom stereocenters. The van der Waals surface area contributed by atoms with Crippen molar-refractivity contribution in [2.45, 2.75) is 6.54 Å². The van der Waals surface area contributed by atoms with E-state index in [0.29, 0.717) is 5.75 Å². The lowest BCUT2D eigenvalue weighted by molar-refractivity contribution is -0.914. The number of anilines is 1. The van der Waals surface area contributed by atoms with Crippen molar-refractivity contribution in [3.8, 4) is 5.75 Å². The molecule has 1 aliphatic heterocycles. The standard InChI is InChI=1S/C17H19ClN2O/c18-15-2-1-3-16(12-15)20-10-8-19(9-11-20)13-14-4-6-17(21)7-5-14/h1-7,12,21H,8-11,13H2/p+1. The molecule has 1 heterocycles. The van der Waals surface area contributed by atoms with Crippen LogP contribution < -0.4 is 9.80 Å². The summed E-state index contributed by atoms with van der Waals surface area (Å²) in [6, 6.07) is 15.6. The monoisotopic (exact) mass is 303 g/mol. The second-order valence-corrected chi connectivity index (χ2v) is 6.00. The lowest BCUT2D eigenvalue weighted by atomic mass is 10.2. The van der Waals surface area contributed by atoms with E-state index < -0.39 is 0 Å². The summed E-state index contributed by atoms with van der Waals surface area (Å²) < 4.78 is 0. The molecule has 0 amide bonds. The van der Waals surface area contributed by atoms with Gasteiger partial charge in [-0.1, -0.05) is 17.7 Å². The van der Waals surface area contributed by atoms with Gasteiger partial charge in [-0.2, -0.15) is 0 Å². The molecule has 3 nitrogen and oxygen atoms in total. The van der Waals surface area contributed by atoms with Gasteiger partial charge in [0.05, 0.1) is 26.2 Å². The lowest BCUT2D eigenvalue weighted by Gasteiger charge is -2.33. The number of nitrogens with zero attached hydrogens (tertiary/aromatic N) is 1. The molecule has 0 unspecified atom stereocenters. The number of benzene rings is 2. The Bertz CT molecular complexity index is 592. The summed E-state index contributed by atoms with van der Waals surface area (Å²) in [6.07, 6.45) is 0. The number of nitrogens with one attached hydrogen (secondary N) is 1. The van der Waals surface area contributed by atoms with Crippen LogP contribution in [-0.4, -0.2) is 31.3 Å².